The molecule has 2 fully saturated rings. The molecule has 5 rings (SSSR count). The lowest BCUT2D eigenvalue weighted by Gasteiger charge is -2.40. The third-order valence-electron chi connectivity index (χ3n) is 6.41. The van der Waals surface area contributed by atoms with Crippen LogP contribution in [0.1, 0.15) is 16.7 Å². The number of carbonyl (C=O) groups excluding carboxylic acids is 2. The van der Waals surface area contributed by atoms with Gasteiger partial charge in [0.25, 0.3) is 5.91 Å². The number of aliphatic imine (C=N–C) groups is 1. The molecule has 7 nitrogen and oxygen atoms in total. The number of hydrogen-bond acceptors (Lipinski definition) is 5. The van der Waals surface area contributed by atoms with Crippen molar-refractivity contribution >= 4 is 35.2 Å². The van der Waals surface area contributed by atoms with Crippen molar-refractivity contribution in [1.29, 1.82) is 0 Å². The van der Waals surface area contributed by atoms with Crippen LogP contribution in [-0.4, -0.2) is 64.9 Å². The Hall–Kier alpha value is -3.06. The number of aryl methyl sites for hydroxylation is 2. The maximum atomic E-state index is 13.4. The molecule has 0 saturated carbocycles. The fraction of sp³-hybridized carbons (Fsp3) is 0.348. The molecule has 160 valence electrons. The van der Waals surface area contributed by atoms with Gasteiger partial charge in [-0.05, 0) is 54.8 Å². The van der Waals surface area contributed by atoms with Crippen LogP contribution in [0.5, 0.6) is 0 Å². The summed E-state index contributed by atoms with van der Waals surface area (Å²) < 4.78 is 0. The lowest BCUT2D eigenvalue weighted by Crippen LogP contribution is -2.64. The van der Waals surface area contributed by atoms with Gasteiger partial charge in [-0.25, -0.2) is 9.79 Å². The summed E-state index contributed by atoms with van der Waals surface area (Å²) in [7, 11) is 1.71. The van der Waals surface area contributed by atoms with Crippen LogP contribution in [-0.2, 0) is 11.3 Å². The Morgan fingerprint density at radius 2 is 1.87 bits per heavy atom. The summed E-state index contributed by atoms with van der Waals surface area (Å²) in [5, 5.41) is 0.579. The molecule has 2 unspecified atom stereocenters. The van der Waals surface area contributed by atoms with Gasteiger partial charge in [-0.15, -0.1) is 0 Å². The molecule has 8 heteroatoms. The zero-order valence-corrected chi connectivity index (χ0v) is 18.5. The topological polar surface area (TPSA) is 59.5 Å². The first-order chi connectivity index (χ1) is 14.8. The average Bonchev–Trinajstić information content (AvgIpc) is 3.31. The second-order valence-corrected chi connectivity index (χ2v) is 8.79. The normalized spacial score (nSPS) is 22.8. The number of anilines is 1. The summed E-state index contributed by atoms with van der Waals surface area (Å²) in [6.45, 7) is 5.81. The molecule has 0 radical (unpaired) electrons. The molecular weight excluding hydrogens is 414 g/mol. The van der Waals surface area contributed by atoms with Gasteiger partial charge < -0.3 is 14.7 Å². The minimum absolute atomic E-state index is 0.190. The van der Waals surface area contributed by atoms with E-state index in [0.717, 1.165) is 23.8 Å². The van der Waals surface area contributed by atoms with Gasteiger partial charge in [0.2, 0.25) is 5.96 Å². The number of fused-ring (bicyclic) bond motifs is 3. The first-order valence-corrected chi connectivity index (χ1v) is 10.7. The van der Waals surface area contributed by atoms with Crippen molar-refractivity contribution in [3.63, 3.8) is 0 Å². The number of rotatable bonds is 3. The lowest BCUT2D eigenvalue weighted by atomic mass is 10.1. The van der Waals surface area contributed by atoms with E-state index in [0.29, 0.717) is 11.6 Å². The third kappa shape index (κ3) is 3.15. The minimum atomic E-state index is -0.514. The highest BCUT2D eigenvalue weighted by Gasteiger charge is 2.54. The Morgan fingerprint density at radius 1 is 1.06 bits per heavy atom. The number of guanidine groups is 1. The summed E-state index contributed by atoms with van der Waals surface area (Å²) in [6, 6.07) is 12.7. The van der Waals surface area contributed by atoms with E-state index in [2.05, 4.69) is 36.9 Å². The van der Waals surface area contributed by atoms with E-state index < -0.39 is 12.2 Å². The standard InChI is InChI=1S/C23H24ClN5O2/c1-14-7-8-18(11-15(14)2)27-9-10-28-19-20(25-22(27)28)26(3)23(31)29(21(19)30)13-16-5-4-6-17(24)12-16/h4-8,11-12,19-20H,9-10,13H2,1-3H3. The van der Waals surface area contributed by atoms with Crippen molar-refractivity contribution in [2.75, 3.05) is 25.0 Å². The van der Waals surface area contributed by atoms with Gasteiger partial charge >= 0.3 is 6.03 Å². The van der Waals surface area contributed by atoms with Gasteiger partial charge in [0, 0.05) is 30.8 Å². The summed E-state index contributed by atoms with van der Waals surface area (Å²) in [5.41, 5.74) is 4.32. The number of imide groups is 1. The second kappa shape index (κ2) is 7.27. The Labute approximate surface area is 186 Å². The number of hydrogen-bond donors (Lipinski definition) is 0. The number of carbonyl (C=O) groups is 2. The van der Waals surface area contributed by atoms with Gasteiger partial charge in [-0.2, -0.15) is 0 Å². The highest BCUT2D eigenvalue weighted by molar-refractivity contribution is 6.30. The van der Waals surface area contributed by atoms with E-state index in [1.54, 1.807) is 24.1 Å². The monoisotopic (exact) mass is 437 g/mol. The van der Waals surface area contributed by atoms with E-state index in [-0.39, 0.29) is 18.5 Å². The number of halogens is 1. The number of urea groups is 1. The fourth-order valence-corrected chi connectivity index (χ4v) is 4.75. The second-order valence-electron chi connectivity index (χ2n) is 8.35. The summed E-state index contributed by atoms with van der Waals surface area (Å²) >= 11 is 6.09. The van der Waals surface area contributed by atoms with Crippen molar-refractivity contribution in [3.8, 4) is 0 Å². The highest BCUT2D eigenvalue weighted by atomic mass is 35.5. The zero-order chi connectivity index (χ0) is 21.9. The summed E-state index contributed by atoms with van der Waals surface area (Å²) in [6.07, 6.45) is -0.514. The molecule has 0 aromatic heterocycles. The SMILES string of the molecule is Cc1ccc(N2CCN3C2=NC2C3C(=O)N(Cc3cccc(Cl)c3)C(=O)N2C)cc1C. The first-order valence-electron chi connectivity index (χ1n) is 10.4. The van der Waals surface area contributed by atoms with Crippen LogP contribution >= 0.6 is 11.6 Å². The summed E-state index contributed by atoms with van der Waals surface area (Å²) in [5.74, 6) is 0.546. The molecule has 3 aliphatic heterocycles. The molecule has 2 aromatic rings. The van der Waals surface area contributed by atoms with Crippen LogP contribution in [0.3, 0.4) is 0 Å². The van der Waals surface area contributed by atoms with E-state index in [1.165, 1.54) is 16.0 Å². The number of amides is 3. The fourth-order valence-electron chi connectivity index (χ4n) is 4.54. The van der Waals surface area contributed by atoms with Crippen LogP contribution < -0.4 is 4.90 Å². The smallest absolute Gasteiger partial charge is 0.325 e. The largest absolute Gasteiger partial charge is 0.328 e. The van der Waals surface area contributed by atoms with Crippen LogP contribution in [0, 0.1) is 13.8 Å². The van der Waals surface area contributed by atoms with Crippen LogP contribution in [0.4, 0.5) is 10.5 Å². The number of likely N-dealkylation sites (N-methyl/N-ethyl adjacent to an activating group) is 1. The van der Waals surface area contributed by atoms with Gasteiger partial charge in [0.15, 0.2) is 12.2 Å². The Bertz CT molecular complexity index is 1120. The third-order valence-corrected chi connectivity index (χ3v) is 6.64. The van der Waals surface area contributed by atoms with E-state index in [4.69, 9.17) is 16.6 Å². The molecule has 2 saturated heterocycles. The number of nitrogens with zero attached hydrogens (tertiary/aromatic N) is 5. The van der Waals surface area contributed by atoms with Crippen LogP contribution in [0.2, 0.25) is 5.02 Å². The molecule has 0 aliphatic carbocycles. The van der Waals surface area contributed by atoms with Crippen molar-refractivity contribution in [2.45, 2.75) is 32.6 Å². The Morgan fingerprint density at radius 3 is 2.61 bits per heavy atom. The molecule has 2 aromatic carbocycles. The molecule has 3 heterocycles. The lowest BCUT2D eigenvalue weighted by molar-refractivity contribution is -0.137. The molecular formula is C23H24ClN5O2. The maximum Gasteiger partial charge on any atom is 0.328 e. The Balaban J connectivity index is 1.44. The highest BCUT2D eigenvalue weighted by Crippen LogP contribution is 2.34. The average molecular weight is 438 g/mol. The molecule has 3 amide bonds. The maximum absolute atomic E-state index is 13.4. The van der Waals surface area contributed by atoms with Gasteiger partial charge in [0.05, 0.1) is 6.54 Å². The molecule has 0 spiro atoms. The van der Waals surface area contributed by atoms with Crippen molar-refractivity contribution < 1.29 is 9.59 Å². The van der Waals surface area contributed by atoms with Crippen molar-refractivity contribution in [2.24, 2.45) is 4.99 Å². The van der Waals surface area contributed by atoms with Crippen LogP contribution in [0.15, 0.2) is 47.5 Å². The minimum Gasteiger partial charge on any atom is -0.325 e. The predicted octanol–water partition coefficient (Wildman–Crippen LogP) is 3.24. The molecule has 2 atom stereocenters. The molecule has 3 aliphatic rings. The van der Waals surface area contributed by atoms with Gasteiger partial charge in [-0.1, -0.05) is 29.8 Å². The zero-order valence-electron chi connectivity index (χ0n) is 17.7. The quantitative estimate of drug-likeness (QED) is 0.739. The first kappa shape index (κ1) is 19.9. The van der Waals surface area contributed by atoms with Crippen molar-refractivity contribution in [1.82, 2.24) is 14.7 Å². The Kier molecular flexibility index (Phi) is 4.66. The molecule has 0 bridgehead atoms. The predicted molar refractivity (Wildman–Crippen MR) is 120 cm³/mol. The van der Waals surface area contributed by atoms with E-state index in [1.807, 2.05) is 17.0 Å². The molecule has 0 N–H and O–H groups in total. The number of benzene rings is 2. The van der Waals surface area contributed by atoms with Crippen LogP contribution in [0.25, 0.3) is 0 Å². The molecule has 31 heavy (non-hydrogen) atoms. The van der Waals surface area contributed by atoms with Crippen molar-refractivity contribution in [3.05, 3.63) is 64.2 Å². The van der Waals surface area contributed by atoms with Gasteiger partial charge in [-0.3, -0.25) is 9.69 Å². The summed E-state index contributed by atoms with van der Waals surface area (Å²) in [4.78, 5) is 38.3. The van der Waals surface area contributed by atoms with E-state index >= 15 is 0 Å². The van der Waals surface area contributed by atoms with E-state index in [9.17, 15) is 9.59 Å². The van der Waals surface area contributed by atoms with Gasteiger partial charge in [0.1, 0.15) is 0 Å².